The monoisotopic (exact) mass is 417 g/mol. The van der Waals surface area contributed by atoms with Crippen LogP contribution in [-0.4, -0.2) is 21.0 Å². The van der Waals surface area contributed by atoms with Gasteiger partial charge in [-0.15, -0.1) is 0 Å². The molecule has 0 bridgehead atoms. The summed E-state index contributed by atoms with van der Waals surface area (Å²) >= 11 is 5.85. The molecule has 0 unspecified atom stereocenters. The van der Waals surface area contributed by atoms with E-state index in [-0.39, 0.29) is 10.8 Å². The van der Waals surface area contributed by atoms with Crippen LogP contribution in [0.5, 0.6) is 5.75 Å². The number of rotatable bonds is 5. The lowest BCUT2D eigenvalue weighted by Gasteiger charge is -2.11. The van der Waals surface area contributed by atoms with E-state index in [1.165, 1.54) is 18.3 Å². The fourth-order valence-corrected chi connectivity index (χ4v) is 3.38. The first-order chi connectivity index (χ1) is 13.9. The Kier molecular flexibility index (Phi) is 5.15. The van der Waals surface area contributed by atoms with Crippen LogP contribution < -0.4 is 4.74 Å². The molecule has 0 aliphatic heterocycles. The molecule has 0 aliphatic rings. The third kappa shape index (κ3) is 3.91. The van der Waals surface area contributed by atoms with Crippen molar-refractivity contribution in [1.29, 1.82) is 0 Å². The van der Waals surface area contributed by atoms with Crippen LogP contribution in [0.2, 0.25) is 5.02 Å². The van der Waals surface area contributed by atoms with Crippen molar-refractivity contribution in [3.63, 3.8) is 0 Å². The first-order valence-corrected chi connectivity index (χ1v) is 9.12. The van der Waals surface area contributed by atoms with E-state index in [9.17, 15) is 13.2 Å². The van der Waals surface area contributed by atoms with E-state index in [0.29, 0.717) is 23.2 Å². The zero-order chi connectivity index (χ0) is 20.5. The maximum atomic E-state index is 13.4. The summed E-state index contributed by atoms with van der Waals surface area (Å²) in [5, 5.41) is -0.0669. The van der Waals surface area contributed by atoms with Crippen molar-refractivity contribution in [2.45, 2.75) is 20.0 Å². The molecule has 4 aromatic rings. The molecule has 0 aliphatic carbocycles. The highest BCUT2D eigenvalue weighted by Crippen LogP contribution is 2.28. The van der Waals surface area contributed by atoms with Gasteiger partial charge in [-0.25, -0.2) is 9.97 Å². The lowest BCUT2D eigenvalue weighted by molar-refractivity contribution is -0.0503. The minimum atomic E-state index is -2.90. The topological polar surface area (TPSA) is 39.4 Å². The summed E-state index contributed by atoms with van der Waals surface area (Å²) in [4.78, 5) is 8.20. The van der Waals surface area contributed by atoms with Gasteiger partial charge >= 0.3 is 6.61 Å². The number of fused-ring (bicyclic) bond motifs is 1. The largest absolute Gasteiger partial charge is 0.435 e. The van der Waals surface area contributed by atoms with Crippen molar-refractivity contribution in [1.82, 2.24) is 14.4 Å². The van der Waals surface area contributed by atoms with Gasteiger partial charge in [0.2, 0.25) is 5.95 Å². The third-order valence-corrected chi connectivity index (χ3v) is 4.86. The molecular formula is C21H15ClF3N3O. The first kappa shape index (κ1) is 19.3. The molecule has 1 aromatic carbocycles. The van der Waals surface area contributed by atoms with Crippen LogP contribution in [0.25, 0.3) is 16.8 Å². The second-order valence-corrected chi connectivity index (χ2v) is 6.86. The fourth-order valence-electron chi connectivity index (χ4n) is 3.22. The predicted molar refractivity (Wildman–Crippen MR) is 104 cm³/mol. The number of hydrogen-bond donors (Lipinski definition) is 0. The number of aryl methyl sites for hydroxylation is 1. The number of imidazole rings is 1. The third-order valence-electron chi connectivity index (χ3n) is 4.59. The van der Waals surface area contributed by atoms with Gasteiger partial charge in [-0.3, -0.25) is 0 Å². The van der Waals surface area contributed by atoms with E-state index in [1.54, 1.807) is 18.2 Å². The summed E-state index contributed by atoms with van der Waals surface area (Å²) in [6.07, 6.45) is 3.59. The summed E-state index contributed by atoms with van der Waals surface area (Å²) in [6, 6.07) is 11.8. The Morgan fingerprint density at radius 1 is 1.14 bits per heavy atom. The molecular weight excluding hydrogens is 403 g/mol. The highest BCUT2D eigenvalue weighted by molar-refractivity contribution is 6.30. The van der Waals surface area contributed by atoms with Gasteiger partial charge in [0.15, 0.2) is 0 Å². The van der Waals surface area contributed by atoms with Gasteiger partial charge < -0.3 is 9.14 Å². The minimum absolute atomic E-state index is 0.0669. The lowest BCUT2D eigenvalue weighted by atomic mass is 10.1. The zero-order valence-corrected chi connectivity index (χ0v) is 16.0. The van der Waals surface area contributed by atoms with E-state index < -0.39 is 12.6 Å². The molecule has 0 radical (unpaired) electrons. The summed E-state index contributed by atoms with van der Waals surface area (Å²) in [6.45, 7) is -1.05. The standard InChI is InChI=1S/C21H15ClF3N3O/c1-12-17(9-13-4-2-3-5-18(13)29-21(24)25)28-11-14(6-7-19(28)27-12)15-8-16(22)20(23)26-10-15/h2-8,10-11,21H,9H2,1H3. The van der Waals surface area contributed by atoms with Crippen LogP contribution in [0.15, 0.2) is 54.9 Å². The summed E-state index contributed by atoms with van der Waals surface area (Å²) in [7, 11) is 0. The minimum Gasteiger partial charge on any atom is -0.435 e. The van der Waals surface area contributed by atoms with Crippen molar-refractivity contribution in [3.8, 4) is 16.9 Å². The van der Waals surface area contributed by atoms with Gasteiger partial charge in [0, 0.05) is 41.2 Å². The van der Waals surface area contributed by atoms with E-state index in [1.807, 2.05) is 29.7 Å². The fraction of sp³-hybridized carbons (Fsp3) is 0.143. The smallest absolute Gasteiger partial charge is 0.387 e. The predicted octanol–water partition coefficient (Wildman–Crippen LogP) is 5.69. The van der Waals surface area contributed by atoms with Gasteiger partial charge in [0.1, 0.15) is 11.4 Å². The molecule has 0 fully saturated rings. The van der Waals surface area contributed by atoms with Crippen LogP contribution in [0.3, 0.4) is 0 Å². The highest BCUT2D eigenvalue weighted by Gasteiger charge is 2.15. The normalized spacial score (nSPS) is 11.4. The Hall–Kier alpha value is -3.06. The molecule has 4 rings (SSSR count). The average molecular weight is 418 g/mol. The Morgan fingerprint density at radius 3 is 2.69 bits per heavy atom. The van der Waals surface area contributed by atoms with Gasteiger partial charge in [0.25, 0.3) is 0 Å². The van der Waals surface area contributed by atoms with Crippen LogP contribution in [0.4, 0.5) is 13.2 Å². The quantitative estimate of drug-likeness (QED) is 0.392. The molecule has 3 heterocycles. The number of aromatic nitrogens is 3. The van der Waals surface area contributed by atoms with Gasteiger partial charge in [-0.05, 0) is 31.2 Å². The van der Waals surface area contributed by atoms with Crippen molar-refractivity contribution >= 4 is 17.2 Å². The number of nitrogens with zero attached hydrogens (tertiary/aromatic N) is 3. The Morgan fingerprint density at radius 2 is 1.93 bits per heavy atom. The SMILES string of the molecule is Cc1nc2ccc(-c3cnc(F)c(Cl)c3)cn2c1Cc1ccccc1OC(F)F. The molecule has 3 aromatic heterocycles. The molecule has 0 atom stereocenters. The molecule has 0 amide bonds. The molecule has 0 N–H and O–H groups in total. The maximum absolute atomic E-state index is 13.4. The molecule has 0 saturated carbocycles. The van der Waals surface area contributed by atoms with Crippen molar-refractivity contribution in [3.05, 3.63) is 82.8 Å². The molecule has 0 spiro atoms. The molecule has 148 valence electrons. The first-order valence-electron chi connectivity index (χ1n) is 8.74. The van der Waals surface area contributed by atoms with E-state index in [0.717, 1.165) is 17.0 Å². The van der Waals surface area contributed by atoms with Crippen LogP contribution in [-0.2, 0) is 6.42 Å². The number of ether oxygens (including phenoxy) is 1. The highest BCUT2D eigenvalue weighted by atomic mass is 35.5. The van der Waals surface area contributed by atoms with E-state index in [2.05, 4.69) is 14.7 Å². The lowest BCUT2D eigenvalue weighted by Crippen LogP contribution is -2.05. The van der Waals surface area contributed by atoms with Crippen LogP contribution >= 0.6 is 11.6 Å². The Labute approximate surface area is 169 Å². The average Bonchev–Trinajstić information content (AvgIpc) is 3.00. The number of benzene rings is 1. The second-order valence-electron chi connectivity index (χ2n) is 6.45. The summed E-state index contributed by atoms with van der Waals surface area (Å²) in [5.74, 6) is -0.603. The van der Waals surface area contributed by atoms with Crippen molar-refractivity contribution in [2.75, 3.05) is 0 Å². The zero-order valence-electron chi connectivity index (χ0n) is 15.2. The Bertz CT molecular complexity index is 1190. The van der Waals surface area contributed by atoms with Crippen molar-refractivity contribution in [2.24, 2.45) is 0 Å². The molecule has 29 heavy (non-hydrogen) atoms. The van der Waals surface area contributed by atoms with Crippen molar-refractivity contribution < 1.29 is 17.9 Å². The van der Waals surface area contributed by atoms with E-state index >= 15 is 0 Å². The van der Waals surface area contributed by atoms with Gasteiger partial charge in [-0.2, -0.15) is 13.2 Å². The summed E-state index contributed by atoms with van der Waals surface area (Å²) < 4.78 is 45.4. The number of pyridine rings is 2. The number of para-hydroxylation sites is 1. The van der Waals surface area contributed by atoms with Crippen LogP contribution in [0, 0.1) is 12.9 Å². The second kappa shape index (κ2) is 7.75. The molecule has 0 saturated heterocycles. The number of alkyl halides is 2. The van der Waals surface area contributed by atoms with Gasteiger partial charge in [0.05, 0.1) is 10.7 Å². The number of halogens is 4. The van der Waals surface area contributed by atoms with Gasteiger partial charge in [-0.1, -0.05) is 29.8 Å². The molecule has 8 heteroatoms. The molecule has 4 nitrogen and oxygen atoms in total. The summed E-state index contributed by atoms with van der Waals surface area (Å²) in [5.41, 5.74) is 4.33. The van der Waals surface area contributed by atoms with Crippen LogP contribution in [0.1, 0.15) is 17.0 Å². The maximum Gasteiger partial charge on any atom is 0.387 e. The van der Waals surface area contributed by atoms with E-state index in [4.69, 9.17) is 11.6 Å². The Balaban J connectivity index is 1.77. The number of hydrogen-bond acceptors (Lipinski definition) is 3.